The molecule has 0 bridgehead atoms. The van der Waals surface area contributed by atoms with Crippen molar-refractivity contribution in [3.63, 3.8) is 0 Å². The van der Waals surface area contributed by atoms with E-state index < -0.39 is 0 Å². The van der Waals surface area contributed by atoms with Gasteiger partial charge in [0.05, 0.1) is 0 Å². The van der Waals surface area contributed by atoms with E-state index in [9.17, 15) is 0 Å². The first kappa shape index (κ1) is 9.33. The standard InChI is InChI=1S/C10H18N2/c1-10(2,8-11-3)6-9-4-5-12-7-9/h4-5,7,11-12H,6,8H2,1-3H3. The molecule has 1 aromatic heterocycles. The molecule has 0 atom stereocenters. The van der Waals surface area contributed by atoms with Gasteiger partial charge in [-0.15, -0.1) is 0 Å². The number of rotatable bonds is 4. The van der Waals surface area contributed by atoms with E-state index in [1.54, 1.807) is 0 Å². The lowest BCUT2D eigenvalue weighted by Crippen LogP contribution is -2.28. The molecule has 68 valence electrons. The Hall–Kier alpha value is -0.760. The van der Waals surface area contributed by atoms with Gasteiger partial charge in [-0.25, -0.2) is 0 Å². The molecule has 1 rings (SSSR count). The van der Waals surface area contributed by atoms with E-state index in [4.69, 9.17) is 0 Å². The average molecular weight is 166 g/mol. The van der Waals surface area contributed by atoms with Crippen LogP contribution < -0.4 is 5.32 Å². The number of hydrogen-bond donors (Lipinski definition) is 2. The zero-order valence-electron chi connectivity index (χ0n) is 8.15. The Morgan fingerprint density at radius 2 is 2.25 bits per heavy atom. The molecule has 0 saturated carbocycles. The van der Waals surface area contributed by atoms with E-state index in [1.807, 2.05) is 13.2 Å². The van der Waals surface area contributed by atoms with Crippen molar-refractivity contribution in [3.8, 4) is 0 Å². The number of hydrogen-bond acceptors (Lipinski definition) is 1. The van der Waals surface area contributed by atoms with Crippen LogP contribution in [0.15, 0.2) is 18.5 Å². The zero-order valence-corrected chi connectivity index (χ0v) is 8.15. The van der Waals surface area contributed by atoms with Crippen LogP contribution in [0.2, 0.25) is 0 Å². The molecule has 0 spiro atoms. The quantitative estimate of drug-likeness (QED) is 0.701. The summed E-state index contributed by atoms with van der Waals surface area (Å²) in [7, 11) is 2.00. The Morgan fingerprint density at radius 1 is 1.50 bits per heavy atom. The number of H-pyrrole nitrogens is 1. The number of nitrogens with one attached hydrogen (secondary N) is 2. The normalized spacial score (nSPS) is 11.9. The van der Waals surface area contributed by atoms with Crippen molar-refractivity contribution in [3.05, 3.63) is 24.0 Å². The lowest BCUT2D eigenvalue weighted by Gasteiger charge is -2.23. The predicted octanol–water partition coefficient (Wildman–Crippen LogP) is 1.80. The fourth-order valence-corrected chi connectivity index (χ4v) is 1.56. The van der Waals surface area contributed by atoms with Gasteiger partial charge in [0.15, 0.2) is 0 Å². The van der Waals surface area contributed by atoms with Crippen LogP contribution in [-0.2, 0) is 6.42 Å². The van der Waals surface area contributed by atoms with E-state index in [1.165, 1.54) is 5.56 Å². The zero-order chi connectivity index (χ0) is 9.03. The van der Waals surface area contributed by atoms with E-state index in [0.29, 0.717) is 5.41 Å². The third kappa shape index (κ3) is 2.70. The van der Waals surface area contributed by atoms with E-state index in [-0.39, 0.29) is 0 Å². The second kappa shape index (κ2) is 3.76. The topological polar surface area (TPSA) is 27.8 Å². The molecule has 1 aromatic rings. The summed E-state index contributed by atoms with van der Waals surface area (Å²) in [4.78, 5) is 3.07. The van der Waals surface area contributed by atoms with Gasteiger partial charge in [0.25, 0.3) is 0 Å². The molecule has 0 aliphatic rings. The first-order chi connectivity index (χ1) is 5.64. The summed E-state index contributed by atoms with van der Waals surface area (Å²) in [5, 5.41) is 3.21. The van der Waals surface area contributed by atoms with Gasteiger partial charge in [-0.2, -0.15) is 0 Å². The summed E-state index contributed by atoms with van der Waals surface area (Å²) >= 11 is 0. The molecule has 0 radical (unpaired) electrons. The third-order valence-corrected chi connectivity index (χ3v) is 2.00. The second-order valence-electron chi connectivity index (χ2n) is 4.09. The lowest BCUT2D eigenvalue weighted by molar-refractivity contribution is 0.350. The molecule has 0 amide bonds. The summed E-state index contributed by atoms with van der Waals surface area (Å²) in [5.41, 5.74) is 1.73. The van der Waals surface area contributed by atoms with Crippen LogP contribution in [-0.4, -0.2) is 18.6 Å². The highest BCUT2D eigenvalue weighted by molar-refractivity contribution is 5.10. The molecule has 12 heavy (non-hydrogen) atoms. The van der Waals surface area contributed by atoms with Crippen LogP contribution in [0.25, 0.3) is 0 Å². The summed E-state index contributed by atoms with van der Waals surface area (Å²) in [6.45, 7) is 5.60. The van der Waals surface area contributed by atoms with Crippen molar-refractivity contribution >= 4 is 0 Å². The molecule has 0 fully saturated rings. The fourth-order valence-electron chi connectivity index (χ4n) is 1.56. The summed E-state index contributed by atoms with van der Waals surface area (Å²) < 4.78 is 0. The summed E-state index contributed by atoms with van der Waals surface area (Å²) in [6.07, 6.45) is 5.17. The second-order valence-corrected chi connectivity index (χ2v) is 4.09. The van der Waals surface area contributed by atoms with Crippen LogP contribution in [0, 0.1) is 5.41 Å². The van der Waals surface area contributed by atoms with Crippen molar-refractivity contribution in [1.29, 1.82) is 0 Å². The highest BCUT2D eigenvalue weighted by atomic mass is 14.8. The first-order valence-corrected chi connectivity index (χ1v) is 4.40. The Labute approximate surface area is 74.4 Å². The maximum absolute atomic E-state index is 3.21. The van der Waals surface area contributed by atoms with Crippen molar-refractivity contribution in [2.24, 2.45) is 5.41 Å². The highest BCUT2D eigenvalue weighted by Crippen LogP contribution is 2.20. The minimum Gasteiger partial charge on any atom is -0.367 e. The van der Waals surface area contributed by atoms with Crippen LogP contribution in [0.5, 0.6) is 0 Å². The number of aromatic nitrogens is 1. The SMILES string of the molecule is CNCC(C)(C)Cc1cc[nH]c1. The molecular weight excluding hydrogens is 148 g/mol. The van der Waals surface area contributed by atoms with Crippen molar-refractivity contribution < 1.29 is 0 Å². The molecule has 1 heterocycles. The Bertz CT molecular complexity index is 212. The van der Waals surface area contributed by atoms with Gasteiger partial charge in [0.2, 0.25) is 0 Å². The molecule has 0 saturated heterocycles. The van der Waals surface area contributed by atoms with Crippen molar-refractivity contribution in [1.82, 2.24) is 10.3 Å². The van der Waals surface area contributed by atoms with Crippen LogP contribution in [0.3, 0.4) is 0 Å². The molecule has 2 nitrogen and oxygen atoms in total. The minimum absolute atomic E-state index is 0.344. The van der Waals surface area contributed by atoms with Gasteiger partial charge in [0, 0.05) is 18.9 Å². The maximum Gasteiger partial charge on any atom is 0.00375 e. The molecule has 0 unspecified atom stereocenters. The molecule has 2 heteroatoms. The third-order valence-electron chi connectivity index (χ3n) is 2.00. The van der Waals surface area contributed by atoms with Gasteiger partial charge in [-0.3, -0.25) is 0 Å². The Morgan fingerprint density at radius 3 is 2.75 bits per heavy atom. The van der Waals surface area contributed by atoms with Crippen molar-refractivity contribution in [2.45, 2.75) is 20.3 Å². The first-order valence-electron chi connectivity index (χ1n) is 4.40. The monoisotopic (exact) mass is 166 g/mol. The average Bonchev–Trinajstić information content (AvgIpc) is 2.38. The molecule has 0 aliphatic carbocycles. The lowest BCUT2D eigenvalue weighted by atomic mass is 9.87. The number of aromatic amines is 1. The van der Waals surface area contributed by atoms with Gasteiger partial charge in [-0.05, 0) is 30.5 Å². The predicted molar refractivity (Wildman–Crippen MR) is 52.2 cm³/mol. The van der Waals surface area contributed by atoms with E-state index in [0.717, 1.165) is 13.0 Å². The molecule has 0 aliphatic heterocycles. The summed E-state index contributed by atoms with van der Waals surface area (Å²) in [6, 6.07) is 2.14. The molecular formula is C10H18N2. The Balaban J connectivity index is 2.50. The fraction of sp³-hybridized carbons (Fsp3) is 0.600. The minimum atomic E-state index is 0.344. The van der Waals surface area contributed by atoms with Crippen LogP contribution in [0.1, 0.15) is 19.4 Å². The van der Waals surface area contributed by atoms with Crippen LogP contribution in [0.4, 0.5) is 0 Å². The van der Waals surface area contributed by atoms with Gasteiger partial charge >= 0.3 is 0 Å². The summed E-state index contributed by atoms with van der Waals surface area (Å²) in [5.74, 6) is 0. The van der Waals surface area contributed by atoms with Gasteiger partial charge in [0.1, 0.15) is 0 Å². The van der Waals surface area contributed by atoms with Crippen LogP contribution >= 0.6 is 0 Å². The Kier molecular flexibility index (Phi) is 2.93. The molecule has 2 N–H and O–H groups in total. The maximum atomic E-state index is 3.21. The van der Waals surface area contributed by atoms with Gasteiger partial charge < -0.3 is 10.3 Å². The smallest absolute Gasteiger partial charge is 0.00375 e. The van der Waals surface area contributed by atoms with E-state index >= 15 is 0 Å². The van der Waals surface area contributed by atoms with Gasteiger partial charge in [-0.1, -0.05) is 13.8 Å². The molecule has 0 aromatic carbocycles. The van der Waals surface area contributed by atoms with E-state index in [2.05, 4.69) is 36.4 Å². The largest absolute Gasteiger partial charge is 0.367 e. The highest BCUT2D eigenvalue weighted by Gasteiger charge is 2.17. The van der Waals surface area contributed by atoms with Crippen molar-refractivity contribution in [2.75, 3.05) is 13.6 Å².